The number of aliphatic hydroxyl groups excluding tert-OH is 1. The number of carbonyl (C=O) groups excluding carboxylic acids is 2. The number of esters is 1. The molecule has 2 bridgehead atoms. The number of carbonyl (C=O) groups is 2. The molecule has 0 amide bonds. The van der Waals surface area contributed by atoms with Crippen LogP contribution in [0, 0.1) is 5.92 Å². The molecule has 10 heteroatoms. The fraction of sp³-hybridized carbons (Fsp3) is 0.450. The van der Waals surface area contributed by atoms with Gasteiger partial charge in [0.05, 0.1) is 17.8 Å². The summed E-state index contributed by atoms with van der Waals surface area (Å²) in [6, 6.07) is 19.3. The molecule has 8 rings (SSSR count). The summed E-state index contributed by atoms with van der Waals surface area (Å²) in [5.74, 6) is 0.581. The first kappa shape index (κ1) is 34.2. The van der Waals surface area contributed by atoms with Crippen LogP contribution in [0.1, 0.15) is 65.8 Å². The number of Topliss-reactive ketones (excluding diaryl/α,β-unsaturated/α-hetero) is 1. The van der Waals surface area contributed by atoms with Gasteiger partial charge in [0.15, 0.2) is 5.78 Å². The van der Waals surface area contributed by atoms with Gasteiger partial charge in [0.25, 0.3) is 0 Å². The van der Waals surface area contributed by atoms with Crippen molar-refractivity contribution in [1.82, 2.24) is 15.5 Å². The second kappa shape index (κ2) is 14.9. The summed E-state index contributed by atoms with van der Waals surface area (Å²) in [7, 11) is 0. The first-order chi connectivity index (χ1) is 24.4. The molecule has 10 nitrogen and oxygen atoms in total. The Morgan fingerprint density at radius 2 is 1.90 bits per heavy atom. The second-order valence-corrected chi connectivity index (χ2v) is 14.1. The number of nitrogens with one attached hydrogen (secondary N) is 3. The number of benzene rings is 3. The van der Waals surface area contributed by atoms with Crippen LogP contribution >= 0.6 is 0 Å². The first-order valence-corrected chi connectivity index (χ1v) is 18.0. The van der Waals surface area contributed by atoms with E-state index in [0.717, 1.165) is 62.0 Å². The molecule has 3 aromatic carbocycles. The maximum Gasteiger partial charge on any atom is 0.320 e. The van der Waals surface area contributed by atoms with E-state index in [0.29, 0.717) is 49.2 Å². The van der Waals surface area contributed by atoms with Crippen molar-refractivity contribution in [3.63, 3.8) is 0 Å². The summed E-state index contributed by atoms with van der Waals surface area (Å²) in [5.41, 5.74) is 2.30. The van der Waals surface area contributed by atoms with Gasteiger partial charge >= 0.3 is 5.97 Å². The van der Waals surface area contributed by atoms with E-state index in [-0.39, 0.29) is 29.6 Å². The van der Waals surface area contributed by atoms with E-state index in [1.54, 1.807) is 30.3 Å². The molecule has 4 fully saturated rings. The van der Waals surface area contributed by atoms with E-state index in [9.17, 15) is 19.8 Å². The Bertz CT molecular complexity index is 1710. The number of fused-ring (bicyclic) bond motifs is 4. The van der Waals surface area contributed by atoms with Crippen LogP contribution in [0.4, 0.5) is 5.69 Å². The molecule has 0 aliphatic carbocycles. The number of anilines is 1. The molecule has 5 heterocycles. The molecule has 5 atom stereocenters. The van der Waals surface area contributed by atoms with E-state index >= 15 is 0 Å². The largest absolute Gasteiger partial charge is 0.506 e. The van der Waals surface area contributed by atoms with Gasteiger partial charge in [-0.1, -0.05) is 74.0 Å². The molecule has 0 aromatic heterocycles. The van der Waals surface area contributed by atoms with Gasteiger partial charge in [-0.25, -0.2) is 0 Å². The van der Waals surface area contributed by atoms with Crippen molar-refractivity contribution >= 4 is 23.5 Å². The lowest BCUT2D eigenvalue weighted by Gasteiger charge is -2.50. The normalized spacial score (nSPS) is 26.2. The molecule has 3 aromatic rings. The molecule has 4 saturated heterocycles. The number of ketones is 1. The third-order valence-electron chi connectivity index (χ3n) is 11.0. The summed E-state index contributed by atoms with van der Waals surface area (Å²) in [6.07, 6.45) is 6.77. The van der Waals surface area contributed by atoms with E-state index in [1.165, 1.54) is 0 Å². The van der Waals surface area contributed by atoms with Crippen LogP contribution in [0.25, 0.3) is 6.08 Å². The maximum atomic E-state index is 14.2. The van der Waals surface area contributed by atoms with Crippen molar-refractivity contribution in [3.8, 4) is 11.5 Å². The molecule has 0 saturated carbocycles. The zero-order chi connectivity index (χ0) is 34.7. The van der Waals surface area contributed by atoms with Gasteiger partial charge < -0.3 is 35.6 Å². The topological polar surface area (TPSA) is 132 Å². The lowest BCUT2D eigenvalue weighted by atomic mass is 9.66. The van der Waals surface area contributed by atoms with Crippen molar-refractivity contribution in [2.45, 2.75) is 62.3 Å². The van der Waals surface area contributed by atoms with Crippen LogP contribution in [-0.4, -0.2) is 90.9 Å². The van der Waals surface area contributed by atoms with Gasteiger partial charge in [-0.2, -0.15) is 0 Å². The highest BCUT2D eigenvalue weighted by atomic mass is 16.5. The van der Waals surface area contributed by atoms with E-state index in [4.69, 9.17) is 9.47 Å². The van der Waals surface area contributed by atoms with Gasteiger partial charge in [0.2, 0.25) is 0 Å². The number of piperidine rings is 3. The van der Waals surface area contributed by atoms with E-state index < -0.39 is 17.6 Å². The zero-order valence-electron chi connectivity index (χ0n) is 28.6. The van der Waals surface area contributed by atoms with E-state index in [2.05, 4.69) is 27.8 Å². The van der Waals surface area contributed by atoms with Crippen molar-refractivity contribution in [2.24, 2.45) is 5.92 Å². The van der Waals surface area contributed by atoms with Crippen LogP contribution < -0.4 is 20.7 Å². The number of ether oxygens (including phenoxy) is 2. The molecule has 5 aliphatic heterocycles. The summed E-state index contributed by atoms with van der Waals surface area (Å²) < 4.78 is 12.5. The van der Waals surface area contributed by atoms with Gasteiger partial charge in [0, 0.05) is 43.3 Å². The molecule has 5 N–H and O–H groups in total. The summed E-state index contributed by atoms with van der Waals surface area (Å²) in [4.78, 5) is 30.7. The average molecular weight is 681 g/mol. The van der Waals surface area contributed by atoms with Gasteiger partial charge in [-0.05, 0) is 67.6 Å². The Kier molecular flexibility index (Phi) is 10.2. The maximum absolute atomic E-state index is 14.2. The Hall–Kier alpha value is -4.22. The number of nitrogens with zero attached hydrogens (tertiary/aromatic N) is 1. The van der Waals surface area contributed by atoms with E-state index in [1.807, 2.05) is 48.6 Å². The minimum atomic E-state index is -1.11. The molecule has 264 valence electrons. The number of hydrogen-bond donors (Lipinski definition) is 5. The number of rotatable bonds is 14. The number of aliphatic hydroxyl groups is 1. The Labute approximate surface area is 293 Å². The third kappa shape index (κ3) is 6.77. The minimum Gasteiger partial charge on any atom is -0.506 e. The molecule has 0 spiro atoms. The summed E-state index contributed by atoms with van der Waals surface area (Å²) >= 11 is 0. The predicted octanol–water partition coefficient (Wildman–Crippen LogP) is 4.43. The SMILES string of the molecule is CCCC(COc1cccc(C(=O)C2NCC2(C(=O)O[C@H]2CN3CCC2CC3)c2ccccc2)c1)NC[C@H](O)c1ccc(O)c2c1C=CCN2. The third-order valence-corrected chi connectivity index (χ3v) is 11.0. The van der Waals surface area contributed by atoms with Crippen LogP contribution in [-0.2, 0) is 14.9 Å². The molecule has 50 heavy (non-hydrogen) atoms. The molecule has 3 unspecified atom stereocenters. The molecular weight excluding hydrogens is 632 g/mol. The lowest BCUT2D eigenvalue weighted by Crippen LogP contribution is -2.73. The minimum absolute atomic E-state index is 0.0456. The van der Waals surface area contributed by atoms with Crippen LogP contribution in [0.3, 0.4) is 0 Å². The summed E-state index contributed by atoms with van der Waals surface area (Å²) in [6.45, 7) is 6.57. The smallest absolute Gasteiger partial charge is 0.320 e. The Morgan fingerprint density at radius 3 is 2.62 bits per heavy atom. The van der Waals surface area contributed by atoms with Gasteiger partial charge in [0.1, 0.15) is 29.6 Å². The van der Waals surface area contributed by atoms with Crippen LogP contribution in [0.15, 0.2) is 72.8 Å². The number of phenols is 1. The van der Waals surface area contributed by atoms with Crippen LogP contribution in [0.2, 0.25) is 0 Å². The highest BCUT2D eigenvalue weighted by molar-refractivity contribution is 6.07. The van der Waals surface area contributed by atoms with Crippen molar-refractivity contribution in [2.75, 3.05) is 51.2 Å². The highest BCUT2D eigenvalue weighted by Gasteiger charge is 2.59. The Morgan fingerprint density at radius 1 is 1.08 bits per heavy atom. The Balaban J connectivity index is 1.02. The zero-order valence-corrected chi connectivity index (χ0v) is 28.6. The monoisotopic (exact) mass is 680 g/mol. The van der Waals surface area contributed by atoms with Crippen LogP contribution in [0.5, 0.6) is 11.5 Å². The number of hydrogen-bond acceptors (Lipinski definition) is 10. The average Bonchev–Trinajstić information content (AvgIpc) is 3.14. The van der Waals surface area contributed by atoms with Crippen molar-refractivity contribution in [1.29, 1.82) is 0 Å². The summed E-state index contributed by atoms with van der Waals surface area (Å²) in [5, 5.41) is 31.3. The highest BCUT2D eigenvalue weighted by Crippen LogP contribution is 2.40. The standard InChI is InChI=1S/C40H48N4O6/c1-2-8-29(42-22-34(46)31-14-15-33(45)36-32(31)13-7-18-41-36)24-49-30-12-6-9-27(21-30)37(47)38-40(25-43-38,28-10-4-3-5-11-28)39(48)50-35-23-44-19-16-26(35)17-20-44/h3-7,9-15,21,26,29,34-35,38,41-43,45-46H,2,8,16-20,22-25H2,1H3/t29?,34-,35-,38?,40?/m0/s1. The quantitative estimate of drug-likeness (QED) is 0.0947. The van der Waals surface area contributed by atoms with Gasteiger partial charge in [-0.15, -0.1) is 0 Å². The first-order valence-electron chi connectivity index (χ1n) is 18.0. The van der Waals surface area contributed by atoms with Crippen molar-refractivity contribution < 1.29 is 29.3 Å². The molecule has 0 radical (unpaired) electrons. The second-order valence-electron chi connectivity index (χ2n) is 14.1. The lowest BCUT2D eigenvalue weighted by molar-refractivity contribution is -0.169. The predicted molar refractivity (Wildman–Crippen MR) is 193 cm³/mol. The van der Waals surface area contributed by atoms with Crippen molar-refractivity contribution in [3.05, 3.63) is 95.1 Å². The number of phenolic OH excluding ortho intramolecular Hbond substituents is 1. The fourth-order valence-corrected chi connectivity index (χ4v) is 8.03. The molecular formula is C40H48N4O6. The molecule has 5 aliphatic rings. The number of aromatic hydroxyl groups is 1. The van der Waals surface area contributed by atoms with Gasteiger partial charge in [-0.3, -0.25) is 14.5 Å². The fourth-order valence-electron chi connectivity index (χ4n) is 8.03.